The van der Waals surface area contributed by atoms with E-state index in [1.54, 1.807) is 0 Å². The van der Waals surface area contributed by atoms with E-state index in [0.717, 1.165) is 0 Å². The molecule has 0 atom stereocenters. The Morgan fingerprint density at radius 1 is 0.900 bits per heavy atom. The van der Waals surface area contributed by atoms with Crippen molar-refractivity contribution >= 4 is 40.5 Å². The molecule has 0 heterocycles. The molecule has 0 radical (unpaired) electrons. The van der Waals surface area contributed by atoms with Crippen LogP contribution in [0.3, 0.4) is 0 Å². The van der Waals surface area contributed by atoms with E-state index in [1.807, 2.05) is 0 Å². The van der Waals surface area contributed by atoms with E-state index in [1.165, 1.54) is 24.3 Å². The fourth-order valence-corrected chi connectivity index (χ4v) is 2.60. The molecule has 0 saturated carbocycles. The lowest BCUT2D eigenvalue weighted by molar-refractivity contribution is 0.0977. The van der Waals surface area contributed by atoms with Crippen LogP contribution in [0, 0.1) is 0 Å². The third kappa shape index (κ3) is 1.62. The second-order valence-corrected chi connectivity index (χ2v) is 5.21. The third-order valence-corrected chi connectivity index (χ3v) is 3.94. The molecule has 0 aliphatic heterocycles. The molecule has 2 aromatic rings. The molecule has 0 aromatic heterocycles. The average molecular weight is 308 g/mol. The number of phenols is 1. The van der Waals surface area contributed by atoms with Gasteiger partial charge in [0.2, 0.25) is 0 Å². The van der Waals surface area contributed by atoms with Crippen molar-refractivity contribution in [1.29, 1.82) is 0 Å². The molecule has 0 unspecified atom stereocenters. The maximum Gasteiger partial charge on any atom is 0.198 e. The molecule has 0 amide bonds. The topological polar surface area (TPSA) is 80.4 Å². The van der Waals surface area contributed by atoms with Gasteiger partial charge >= 0.3 is 0 Å². The van der Waals surface area contributed by atoms with Crippen LogP contribution in [0.5, 0.6) is 5.75 Å². The summed E-state index contributed by atoms with van der Waals surface area (Å²) >= 11 is 11.8. The standard InChI is InChI=1S/C14H7Cl2NO3/c15-7-3-5-6(4-8(7)16)14(20)12-10(18)2-1-9(17)11(12)13(5)19/h1-4,18H,17H2. The summed E-state index contributed by atoms with van der Waals surface area (Å²) in [5.74, 6) is -1.25. The van der Waals surface area contributed by atoms with Crippen molar-refractivity contribution in [2.24, 2.45) is 0 Å². The Morgan fingerprint density at radius 2 is 1.40 bits per heavy atom. The molecule has 1 aliphatic rings. The van der Waals surface area contributed by atoms with Gasteiger partial charge < -0.3 is 10.8 Å². The van der Waals surface area contributed by atoms with Gasteiger partial charge in [0.05, 0.1) is 21.2 Å². The lowest BCUT2D eigenvalue weighted by Crippen LogP contribution is -2.22. The first-order valence-electron chi connectivity index (χ1n) is 5.61. The molecule has 0 spiro atoms. The second kappa shape index (κ2) is 4.23. The first-order chi connectivity index (χ1) is 9.41. The predicted molar refractivity (Wildman–Crippen MR) is 75.8 cm³/mol. The smallest absolute Gasteiger partial charge is 0.198 e. The van der Waals surface area contributed by atoms with Crippen LogP contribution in [0.15, 0.2) is 24.3 Å². The van der Waals surface area contributed by atoms with Crippen LogP contribution in [-0.4, -0.2) is 16.7 Å². The highest BCUT2D eigenvalue weighted by Crippen LogP contribution is 2.38. The number of aromatic hydroxyl groups is 1. The Kier molecular flexibility index (Phi) is 2.74. The molecule has 0 saturated heterocycles. The van der Waals surface area contributed by atoms with Gasteiger partial charge in [0.25, 0.3) is 0 Å². The van der Waals surface area contributed by atoms with Crippen molar-refractivity contribution in [3.05, 3.63) is 56.6 Å². The van der Waals surface area contributed by atoms with E-state index in [-0.39, 0.29) is 43.7 Å². The Bertz CT molecular complexity index is 733. The van der Waals surface area contributed by atoms with Crippen LogP contribution in [-0.2, 0) is 0 Å². The van der Waals surface area contributed by atoms with Crippen molar-refractivity contribution in [3.8, 4) is 5.75 Å². The minimum absolute atomic E-state index is 0.000823. The maximum absolute atomic E-state index is 12.4. The number of fused-ring (bicyclic) bond motifs is 2. The Labute approximate surface area is 123 Å². The number of phenolic OH excluding ortho intramolecular Hbond substituents is 1. The van der Waals surface area contributed by atoms with Gasteiger partial charge in [0.1, 0.15) is 5.75 Å². The molecule has 100 valence electrons. The average Bonchev–Trinajstić information content (AvgIpc) is 2.41. The van der Waals surface area contributed by atoms with Crippen LogP contribution in [0.2, 0.25) is 10.0 Å². The lowest BCUT2D eigenvalue weighted by atomic mass is 9.83. The molecular formula is C14H7Cl2NO3. The Morgan fingerprint density at radius 3 is 1.95 bits per heavy atom. The van der Waals surface area contributed by atoms with Crippen LogP contribution in [0.25, 0.3) is 0 Å². The Balaban J connectivity index is 2.40. The van der Waals surface area contributed by atoms with E-state index in [2.05, 4.69) is 0 Å². The van der Waals surface area contributed by atoms with Gasteiger partial charge in [0.15, 0.2) is 11.6 Å². The van der Waals surface area contributed by atoms with Gasteiger partial charge in [-0.15, -0.1) is 0 Å². The first kappa shape index (κ1) is 13.0. The summed E-state index contributed by atoms with van der Waals surface area (Å²) in [6.45, 7) is 0. The fraction of sp³-hybridized carbons (Fsp3) is 0. The number of rotatable bonds is 0. The summed E-state index contributed by atoms with van der Waals surface area (Å²) in [7, 11) is 0. The van der Waals surface area contributed by atoms with Crippen molar-refractivity contribution in [1.82, 2.24) is 0 Å². The van der Waals surface area contributed by atoms with Gasteiger partial charge in [-0.25, -0.2) is 0 Å². The van der Waals surface area contributed by atoms with E-state index in [0.29, 0.717) is 0 Å². The second-order valence-electron chi connectivity index (χ2n) is 4.39. The summed E-state index contributed by atoms with van der Waals surface area (Å²) in [4.78, 5) is 24.9. The van der Waals surface area contributed by atoms with Crippen LogP contribution < -0.4 is 5.73 Å². The van der Waals surface area contributed by atoms with Crippen LogP contribution >= 0.6 is 23.2 Å². The molecule has 0 bridgehead atoms. The number of ketones is 2. The van der Waals surface area contributed by atoms with Crippen molar-refractivity contribution in [3.63, 3.8) is 0 Å². The third-order valence-electron chi connectivity index (χ3n) is 3.22. The van der Waals surface area contributed by atoms with Gasteiger partial charge in [-0.2, -0.15) is 0 Å². The molecule has 6 heteroatoms. The minimum atomic E-state index is -0.502. The molecular weight excluding hydrogens is 301 g/mol. The highest BCUT2D eigenvalue weighted by molar-refractivity contribution is 6.43. The number of carbonyl (C=O) groups excluding carboxylic acids is 2. The minimum Gasteiger partial charge on any atom is -0.507 e. The van der Waals surface area contributed by atoms with Crippen LogP contribution in [0.1, 0.15) is 31.8 Å². The maximum atomic E-state index is 12.4. The van der Waals surface area contributed by atoms with E-state index in [4.69, 9.17) is 28.9 Å². The fourth-order valence-electron chi connectivity index (χ4n) is 2.27. The predicted octanol–water partition coefficient (Wildman–Crippen LogP) is 3.06. The van der Waals surface area contributed by atoms with E-state index >= 15 is 0 Å². The zero-order chi connectivity index (χ0) is 14.6. The first-order valence-corrected chi connectivity index (χ1v) is 6.37. The number of carbonyl (C=O) groups is 2. The lowest BCUT2D eigenvalue weighted by Gasteiger charge is -2.20. The number of halogens is 2. The number of hydrogen-bond acceptors (Lipinski definition) is 4. The number of nitrogens with two attached hydrogens (primary N) is 1. The molecule has 3 N–H and O–H groups in total. The van der Waals surface area contributed by atoms with Gasteiger partial charge in [-0.05, 0) is 24.3 Å². The largest absolute Gasteiger partial charge is 0.507 e. The number of anilines is 1. The van der Waals surface area contributed by atoms with Crippen molar-refractivity contribution in [2.45, 2.75) is 0 Å². The highest BCUT2D eigenvalue weighted by Gasteiger charge is 2.34. The van der Waals surface area contributed by atoms with Gasteiger partial charge in [-0.3, -0.25) is 9.59 Å². The van der Waals surface area contributed by atoms with Crippen molar-refractivity contribution in [2.75, 3.05) is 5.73 Å². The quantitative estimate of drug-likeness (QED) is 0.494. The SMILES string of the molecule is Nc1ccc(O)c2c1C(=O)c1cc(Cl)c(Cl)cc1C2=O. The molecule has 3 rings (SSSR count). The van der Waals surface area contributed by atoms with Gasteiger partial charge in [0, 0.05) is 16.8 Å². The summed E-state index contributed by atoms with van der Waals surface area (Å²) < 4.78 is 0. The van der Waals surface area contributed by atoms with Gasteiger partial charge in [-0.1, -0.05) is 23.2 Å². The van der Waals surface area contributed by atoms with E-state index < -0.39 is 11.6 Å². The summed E-state index contributed by atoms with van der Waals surface area (Å²) in [6, 6.07) is 5.32. The zero-order valence-corrected chi connectivity index (χ0v) is 11.4. The van der Waals surface area contributed by atoms with E-state index in [9.17, 15) is 14.7 Å². The molecule has 20 heavy (non-hydrogen) atoms. The highest BCUT2D eigenvalue weighted by atomic mass is 35.5. The summed E-state index contributed by atoms with van der Waals surface area (Å²) in [6.07, 6.45) is 0. The van der Waals surface area contributed by atoms with Crippen molar-refractivity contribution < 1.29 is 14.7 Å². The van der Waals surface area contributed by atoms with Crippen LogP contribution in [0.4, 0.5) is 5.69 Å². The number of nitrogen functional groups attached to an aromatic ring is 1. The number of benzene rings is 2. The molecule has 1 aliphatic carbocycles. The molecule has 2 aromatic carbocycles. The summed E-state index contributed by atoms with van der Waals surface area (Å²) in [5.41, 5.74) is 6.02. The zero-order valence-electron chi connectivity index (χ0n) is 9.91. The summed E-state index contributed by atoms with van der Waals surface area (Å²) in [5, 5.41) is 10.2. The molecule has 4 nitrogen and oxygen atoms in total. The Hall–Kier alpha value is -2.04. The molecule has 0 fully saturated rings. The number of hydrogen-bond donors (Lipinski definition) is 2. The monoisotopic (exact) mass is 307 g/mol. The normalized spacial score (nSPS) is 13.1.